The molecule has 1 aliphatic carbocycles. The van der Waals surface area contributed by atoms with E-state index in [1.807, 2.05) is 54.6 Å². The summed E-state index contributed by atoms with van der Waals surface area (Å²) in [7, 11) is 0. The number of ether oxygens (including phenoxy) is 1. The van der Waals surface area contributed by atoms with Gasteiger partial charge >= 0.3 is 6.09 Å². The Labute approximate surface area is 211 Å². The SMILES string of the molecule is O=C(N[C@@H](Cc1ccccc1)C(=O)Nc1n[nH]c(=S)s1)OCC1c2ccccc2-c2ccccc21. The van der Waals surface area contributed by atoms with Crippen molar-refractivity contribution >= 4 is 40.7 Å². The van der Waals surface area contributed by atoms with E-state index in [0.717, 1.165) is 39.2 Å². The average molecular weight is 503 g/mol. The van der Waals surface area contributed by atoms with E-state index >= 15 is 0 Å². The van der Waals surface area contributed by atoms with Gasteiger partial charge in [0.05, 0.1) is 0 Å². The first-order valence-electron chi connectivity index (χ1n) is 11.1. The van der Waals surface area contributed by atoms with Crippen LogP contribution in [0.3, 0.4) is 0 Å². The average Bonchev–Trinajstić information content (AvgIpc) is 3.43. The molecular formula is C26H22N4O3S2. The van der Waals surface area contributed by atoms with Gasteiger partial charge in [-0.05, 0) is 40.0 Å². The number of alkyl carbamates (subject to hydrolysis) is 1. The van der Waals surface area contributed by atoms with E-state index in [4.69, 9.17) is 17.0 Å². The van der Waals surface area contributed by atoms with Gasteiger partial charge in [0.15, 0.2) is 3.95 Å². The fourth-order valence-electron chi connectivity index (χ4n) is 4.32. The van der Waals surface area contributed by atoms with Crippen molar-refractivity contribution in [3.63, 3.8) is 0 Å². The zero-order valence-electron chi connectivity index (χ0n) is 18.6. The third kappa shape index (κ3) is 5.16. The van der Waals surface area contributed by atoms with Crippen LogP contribution in [0.1, 0.15) is 22.6 Å². The predicted octanol–water partition coefficient (Wildman–Crippen LogP) is 5.29. The molecule has 0 saturated heterocycles. The lowest BCUT2D eigenvalue weighted by molar-refractivity contribution is -0.118. The molecule has 5 rings (SSSR count). The third-order valence-electron chi connectivity index (χ3n) is 5.90. The standard InChI is InChI=1S/C26H22N4O3S2/c31-23(28-24-29-30-26(34)35-24)22(14-16-8-2-1-3-9-16)27-25(32)33-15-21-19-12-6-4-10-17(19)18-11-5-7-13-20(18)21/h1-13,21-22H,14-15H2,(H,27,32)(H,30,34)(H,28,29,31)/t22-/m0/s1. The summed E-state index contributed by atoms with van der Waals surface area (Å²) in [5.74, 6) is -0.467. The lowest BCUT2D eigenvalue weighted by Crippen LogP contribution is -2.45. The van der Waals surface area contributed by atoms with Crippen LogP contribution in [-0.4, -0.2) is 34.8 Å². The highest BCUT2D eigenvalue weighted by atomic mass is 32.1. The molecule has 1 atom stereocenters. The van der Waals surface area contributed by atoms with Gasteiger partial charge in [-0.25, -0.2) is 4.79 Å². The molecule has 1 aromatic heterocycles. The maximum atomic E-state index is 13.0. The van der Waals surface area contributed by atoms with Crippen molar-refractivity contribution in [2.45, 2.75) is 18.4 Å². The van der Waals surface area contributed by atoms with E-state index in [-0.39, 0.29) is 12.5 Å². The number of anilines is 1. The largest absolute Gasteiger partial charge is 0.449 e. The Morgan fingerprint density at radius 1 is 0.971 bits per heavy atom. The van der Waals surface area contributed by atoms with E-state index in [9.17, 15) is 9.59 Å². The van der Waals surface area contributed by atoms with Crippen molar-refractivity contribution in [3.8, 4) is 11.1 Å². The van der Waals surface area contributed by atoms with Gasteiger partial charge in [0.1, 0.15) is 12.6 Å². The molecule has 0 spiro atoms. The molecule has 35 heavy (non-hydrogen) atoms. The molecule has 4 aromatic rings. The van der Waals surface area contributed by atoms with Crippen LogP contribution in [0.5, 0.6) is 0 Å². The molecule has 1 heterocycles. The zero-order chi connectivity index (χ0) is 24.2. The number of fused-ring (bicyclic) bond motifs is 3. The van der Waals surface area contributed by atoms with E-state index < -0.39 is 18.0 Å². The summed E-state index contributed by atoms with van der Waals surface area (Å²) in [5, 5.41) is 12.4. The number of carbonyl (C=O) groups is 2. The molecule has 9 heteroatoms. The molecule has 0 bridgehead atoms. The summed E-state index contributed by atoms with van der Waals surface area (Å²) in [6, 6.07) is 24.9. The lowest BCUT2D eigenvalue weighted by atomic mass is 9.98. The zero-order valence-corrected chi connectivity index (χ0v) is 20.2. The molecule has 0 unspecified atom stereocenters. The van der Waals surface area contributed by atoms with E-state index in [0.29, 0.717) is 15.5 Å². The molecule has 3 N–H and O–H groups in total. The van der Waals surface area contributed by atoms with Gasteiger partial charge in [0.25, 0.3) is 0 Å². The van der Waals surface area contributed by atoms with Crippen molar-refractivity contribution in [2.75, 3.05) is 11.9 Å². The second-order valence-corrected chi connectivity index (χ2v) is 9.79. The number of H-pyrrole nitrogens is 1. The summed E-state index contributed by atoms with van der Waals surface area (Å²) < 4.78 is 6.09. The van der Waals surface area contributed by atoms with Crippen LogP contribution in [0.2, 0.25) is 0 Å². The quantitative estimate of drug-likeness (QED) is 0.299. The van der Waals surface area contributed by atoms with Crippen LogP contribution < -0.4 is 10.6 Å². The van der Waals surface area contributed by atoms with E-state index in [1.165, 1.54) is 0 Å². The minimum Gasteiger partial charge on any atom is -0.449 e. The molecule has 7 nitrogen and oxygen atoms in total. The Morgan fingerprint density at radius 2 is 1.60 bits per heavy atom. The summed E-state index contributed by atoms with van der Waals surface area (Å²) in [4.78, 5) is 25.8. The number of nitrogens with zero attached hydrogens (tertiary/aromatic N) is 1. The van der Waals surface area contributed by atoms with Crippen LogP contribution in [0, 0.1) is 3.95 Å². The molecule has 176 valence electrons. The highest BCUT2D eigenvalue weighted by Crippen LogP contribution is 2.44. The second-order valence-electron chi connectivity index (χ2n) is 8.12. The Kier molecular flexibility index (Phi) is 6.69. The molecule has 0 aliphatic heterocycles. The number of aromatic nitrogens is 2. The first-order valence-corrected chi connectivity index (χ1v) is 12.3. The van der Waals surface area contributed by atoms with Gasteiger partial charge in [0, 0.05) is 12.3 Å². The van der Waals surface area contributed by atoms with Crippen molar-refractivity contribution in [2.24, 2.45) is 0 Å². The van der Waals surface area contributed by atoms with Crippen molar-refractivity contribution in [1.29, 1.82) is 0 Å². The minimum absolute atomic E-state index is 0.0640. The predicted molar refractivity (Wildman–Crippen MR) is 138 cm³/mol. The maximum absolute atomic E-state index is 13.0. The summed E-state index contributed by atoms with van der Waals surface area (Å²) in [6.07, 6.45) is -0.357. The highest BCUT2D eigenvalue weighted by molar-refractivity contribution is 7.73. The number of aromatic amines is 1. The van der Waals surface area contributed by atoms with Gasteiger partial charge in [-0.15, -0.1) is 5.10 Å². The monoisotopic (exact) mass is 502 g/mol. The fraction of sp³-hybridized carbons (Fsp3) is 0.154. The molecule has 3 aromatic carbocycles. The van der Waals surface area contributed by atoms with Gasteiger partial charge in [-0.2, -0.15) is 0 Å². The van der Waals surface area contributed by atoms with Crippen molar-refractivity contribution in [1.82, 2.24) is 15.5 Å². The van der Waals surface area contributed by atoms with Crippen LogP contribution in [-0.2, 0) is 16.0 Å². The molecule has 0 fully saturated rings. The van der Waals surface area contributed by atoms with Gasteiger partial charge in [-0.1, -0.05) is 90.2 Å². The topological polar surface area (TPSA) is 96.1 Å². The number of rotatable bonds is 7. The number of hydrogen-bond acceptors (Lipinski definition) is 6. The van der Waals surface area contributed by atoms with Crippen LogP contribution in [0.15, 0.2) is 78.9 Å². The first kappa shape index (κ1) is 22.9. The van der Waals surface area contributed by atoms with Crippen LogP contribution in [0.25, 0.3) is 11.1 Å². The number of carbonyl (C=O) groups excluding carboxylic acids is 2. The van der Waals surface area contributed by atoms with Gasteiger partial charge in [-0.3, -0.25) is 15.2 Å². The normalized spacial score (nSPS) is 12.9. The van der Waals surface area contributed by atoms with Crippen molar-refractivity contribution < 1.29 is 14.3 Å². The number of hydrogen-bond donors (Lipinski definition) is 3. The summed E-state index contributed by atoms with van der Waals surface area (Å²) >= 11 is 6.17. The molecule has 0 saturated carbocycles. The molecular weight excluding hydrogens is 480 g/mol. The van der Waals surface area contributed by atoms with E-state index in [1.54, 1.807) is 0 Å². The second kappa shape index (κ2) is 10.2. The number of nitrogens with one attached hydrogen (secondary N) is 3. The summed E-state index contributed by atoms with van der Waals surface area (Å²) in [5.41, 5.74) is 5.46. The number of amides is 2. The Balaban J connectivity index is 1.29. The Morgan fingerprint density at radius 3 is 2.23 bits per heavy atom. The minimum atomic E-state index is -0.856. The molecule has 1 aliphatic rings. The van der Waals surface area contributed by atoms with Crippen LogP contribution >= 0.6 is 23.6 Å². The first-order chi connectivity index (χ1) is 17.1. The highest BCUT2D eigenvalue weighted by Gasteiger charge is 2.30. The van der Waals surface area contributed by atoms with Crippen molar-refractivity contribution in [3.05, 3.63) is 99.5 Å². The van der Waals surface area contributed by atoms with Gasteiger partial charge < -0.3 is 10.1 Å². The fourth-order valence-corrected chi connectivity index (χ4v) is 5.11. The Hall–Kier alpha value is -3.82. The molecule has 0 radical (unpaired) electrons. The molecule has 2 amide bonds. The lowest BCUT2D eigenvalue weighted by Gasteiger charge is -2.19. The van der Waals surface area contributed by atoms with E-state index in [2.05, 4.69) is 45.1 Å². The Bertz CT molecular complexity index is 1370. The third-order valence-corrected chi connectivity index (χ3v) is 6.91. The smallest absolute Gasteiger partial charge is 0.407 e. The number of benzene rings is 3. The van der Waals surface area contributed by atoms with Crippen LogP contribution in [0.4, 0.5) is 9.93 Å². The maximum Gasteiger partial charge on any atom is 0.407 e. The van der Waals surface area contributed by atoms with Gasteiger partial charge in [0.2, 0.25) is 11.0 Å². The summed E-state index contributed by atoms with van der Waals surface area (Å²) in [6.45, 7) is 0.167.